The summed E-state index contributed by atoms with van der Waals surface area (Å²) in [5.41, 5.74) is 0.0681. The summed E-state index contributed by atoms with van der Waals surface area (Å²) in [5.74, 6) is -0.0275. The molecule has 2 unspecified atom stereocenters. The van der Waals surface area contributed by atoms with E-state index in [1.165, 1.54) is 0 Å². The smallest absolute Gasteiger partial charge is 0.313 e. The molecule has 4 heteroatoms. The zero-order valence-corrected chi connectivity index (χ0v) is 10.7. The van der Waals surface area contributed by atoms with Gasteiger partial charge in [-0.05, 0) is 31.4 Å². The van der Waals surface area contributed by atoms with Crippen molar-refractivity contribution in [2.45, 2.75) is 25.9 Å². The minimum Gasteiger partial charge on any atom is -0.492 e. The molecule has 0 saturated heterocycles. The molecule has 0 radical (unpaired) electrons. The molecule has 0 saturated carbocycles. The monoisotopic (exact) mass is 250 g/mol. The maximum atomic E-state index is 11.6. The van der Waals surface area contributed by atoms with Crippen molar-refractivity contribution in [3.05, 3.63) is 29.8 Å². The molecule has 1 N–H and O–H groups in total. The van der Waals surface area contributed by atoms with Crippen molar-refractivity contribution in [3.8, 4) is 5.75 Å². The molecule has 1 heterocycles. The van der Waals surface area contributed by atoms with Crippen molar-refractivity contribution >= 4 is 5.97 Å². The first-order chi connectivity index (χ1) is 8.57. The molecule has 0 bridgehead atoms. The average Bonchev–Trinajstić information content (AvgIpc) is 2.38. The SMILES string of the molecule is COC(C)CC1(C(=O)O)COc2ccccc2C1. The van der Waals surface area contributed by atoms with E-state index in [9.17, 15) is 9.90 Å². The van der Waals surface area contributed by atoms with Gasteiger partial charge in [-0.1, -0.05) is 18.2 Å². The first-order valence-corrected chi connectivity index (χ1v) is 6.04. The number of ether oxygens (including phenoxy) is 2. The number of carboxylic acids is 1. The number of rotatable bonds is 4. The minimum atomic E-state index is -0.885. The minimum absolute atomic E-state index is 0.102. The Kier molecular flexibility index (Phi) is 3.57. The van der Waals surface area contributed by atoms with Crippen LogP contribution in [0, 0.1) is 5.41 Å². The van der Waals surface area contributed by atoms with Gasteiger partial charge < -0.3 is 14.6 Å². The van der Waals surface area contributed by atoms with E-state index in [-0.39, 0.29) is 12.7 Å². The van der Waals surface area contributed by atoms with Crippen molar-refractivity contribution in [2.24, 2.45) is 5.41 Å². The highest BCUT2D eigenvalue weighted by Crippen LogP contribution is 2.38. The molecule has 4 nitrogen and oxygen atoms in total. The van der Waals surface area contributed by atoms with Gasteiger partial charge in [0.05, 0.1) is 6.10 Å². The highest BCUT2D eigenvalue weighted by molar-refractivity contribution is 5.76. The van der Waals surface area contributed by atoms with E-state index >= 15 is 0 Å². The van der Waals surface area contributed by atoms with Gasteiger partial charge in [0, 0.05) is 7.11 Å². The van der Waals surface area contributed by atoms with E-state index < -0.39 is 11.4 Å². The van der Waals surface area contributed by atoms with Crippen molar-refractivity contribution in [1.82, 2.24) is 0 Å². The Bertz CT molecular complexity index is 443. The topological polar surface area (TPSA) is 55.8 Å². The molecular formula is C14H18O4. The molecule has 1 aromatic carbocycles. The molecule has 1 aliphatic rings. The van der Waals surface area contributed by atoms with Crippen LogP contribution in [0.1, 0.15) is 18.9 Å². The number of aliphatic carboxylic acids is 1. The van der Waals surface area contributed by atoms with Gasteiger partial charge >= 0.3 is 5.97 Å². The quantitative estimate of drug-likeness (QED) is 0.889. The number of hydrogen-bond acceptors (Lipinski definition) is 3. The number of para-hydroxylation sites is 1. The lowest BCUT2D eigenvalue weighted by molar-refractivity contribution is -0.154. The Morgan fingerprint density at radius 2 is 2.28 bits per heavy atom. The largest absolute Gasteiger partial charge is 0.492 e. The third kappa shape index (κ3) is 2.34. The predicted octanol–water partition coefficient (Wildman–Crippen LogP) is 2.12. The van der Waals surface area contributed by atoms with Crippen LogP contribution in [0.15, 0.2) is 24.3 Å². The van der Waals surface area contributed by atoms with Gasteiger partial charge in [-0.2, -0.15) is 0 Å². The van der Waals surface area contributed by atoms with E-state index in [1.807, 2.05) is 31.2 Å². The first kappa shape index (κ1) is 12.9. The molecule has 2 rings (SSSR count). The Morgan fingerprint density at radius 1 is 1.56 bits per heavy atom. The van der Waals surface area contributed by atoms with Gasteiger partial charge in [0.15, 0.2) is 0 Å². The number of benzene rings is 1. The molecule has 0 fully saturated rings. The third-order valence-electron chi connectivity index (χ3n) is 3.54. The first-order valence-electron chi connectivity index (χ1n) is 6.04. The van der Waals surface area contributed by atoms with Gasteiger partial charge in [0.25, 0.3) is 0 Å². The highest BCUT2D eigenvalue weighted by atomic mass is 16.5. The number of fused-ring (bicyclic) bond motifs is 1. The molecule has 98 valence electrons. The molecule has 0 spiro atoms. The van der Waals surface area contributed by atoms with Crippen molar-refractivity contribution < 1.29 is 19.4 Å². The van der Waals surface area contributed by atoms with Crippen LogP contribution in [-0.2, 0) is 16.0 Å². The van der Waals surface area contributed by atoms with Gasteiger partial charge in [-0.25, -0.2) is 0 Å². The van der Waals surface area contributed by atoms with Crippen LogP contribution in [0.5, 0.6) is 5.75 Å². The van der Waals surface area contributed by atoms with Gasteiger partial charge in [-0.15, -0.1) is 0 Å². The lowest BCUT2D eigenvalue weighted by atomic mass is 9.76. The lowest BCUT2D eigenvalue weighted by Crippen LogP contribution is -2.44. The Labute approximate surface area is 107 Å². The van der Waals surface area contributed by atoms with Gasteiger partial charge in [-0.3, -0.25) is 4.79 Å². The summed E-state index contributed by atoms with van der Waals surface area (Å²) in [6, 6.07) is 7.59. The normalized spacial score (nSPS) is 23.9. The average molecular weight is 250 g/mol. The molecule has 1 aromatic rings. The van der Waals surface area contributed by atoms with Crippen LogP contribution in [-0.4, -0.2) is 30.9 Å². The van der Waals surface area contributed by atoms with Crippen molar-refractivity contribution in [3.63, 3.8) is 0 Å². The maximum Gasteiger partial charge on any atom is 0.313 e. The molecule has 0 amide bonds. The standard InChI is InChI=1S/C14H18O4/c1-10(17-2)7-14(13(15)16)8-11-5-3-4-6-12(11)18-9-14/h3-6,10H,7-9H2,1-2H3,(H,15,16). The van der Waals surface area contributed by atoms with Crippen LogP contribution >= 0.6 is 0 Å². The molecule has 1 aliphatic heterocycles. The summed E-state index contributed by atoms with van der Waals surface area (Å²) >= 11 is 0. The molecular weight excluding hydrogens is 232 g/mol. The van der Waals surface area contributed by atoms with Crippen LogP contribution < -0.4 is 4.74 Å². The molecule has 18 heavy (non-hydrogen) atoms. The third-order valence-corrected chi connectivity index (χ3v) is 3.54. The van der Waals surface area contributed by atoms with E-state index in [1.54, 1.807) is 7.11 Å². The fourth-order valence-electron chi connectivity index (χ4n) is 2.41. The van der Waals surface area contributed by atoms with Crippen molar-refractivity contribution in [1.29, 1.82) is 0 Å². The Morgan fingerprint density at radius 3 is 2.94 bits per heavy atom. The molecule has 2 atom stereocenters. The van der Waals surface area contributed by atoms with Crippen LogP contribution in [0.4, 0.5) is 0 Å². The number of hydrogen-bond donors (Lipinski definition) is 1. The van der Waals surface area contributed by atoms with Crippen LogP contribution in [0.2, 0.25) is 0 Å². The van der Waals surface area contributed by atoms with Gasteiger partial charge in [0.2, 0.25) is 0 Å². The summed E-state index contributed by atoms with van der Waals surface area (Å²) in [5, 5.41) is 9.52. The van der Waals surface area contributed by atoms with Gasteiger partial charge in [0.1, 0.15) is 17.8 Å². The fraction of sp³-hybridized carbons (Fsp3) is 0.500. The second-order valence-electron chi connectivity index (χ2n) is 4.91. The highest BCUT2D eigenvalue weighted by Gasteiger charge is 2.44. The van der Waals surface area contributed by atoms with Crippen molar-refractivity contribution in [2.75, 3.05) is 13.7 Å². The van der Waals surface area contributed by atoms with E-state index in [0.717, 1.165) is 11.3 Å². The summed E-state index contributed by atoms with van der Waals surface area (Å²) in [7, 11) is 1.60. The number of carboxylic acid groups (broad SMARTS) is 1. The van der Waals surface area contributed by atoms with E-state index in [4.69, 9.17) is 9.47 Å². The molecule has 0 aromatic heterocycles. The summed E-state index contributed by atoms with van der Waals surface area (Å²) < 4.78 is 10.8. The van der Waals surface area contributed by atoms with E-state index in [2.05, 4.69) is 0 Å². The van der Waals surface area contributed by atoms with Crippen LogP contribution in [0.3, 0.4) is 0 Å². The number of methoxy groups -OCH3 is 1. The summed E-state index contributed by atoms with van der Waals surface area (Å²) in [4.78, 5) is 11.6. The summed E-state index contributed by atoms with van der Waals surface area (Å²) in [6.45, 7) is 2.08. The lowest BCUT2D eigenvalue weighted by Gasteiger charge is -2.35. The Balaban J connectivity index is 2.27. The zero-order valence-electron chi connectivity index (χ0n) is 10.7. The zero-order chi connectivity index (χ0) is 13.2. The second-order valence-corrected chi connectivity index (χ2v) is 4.91. The van der Waals surface area contributed by atoms with Crippen LogP contribution in [0.25, 0.3) is 0 Å². The second kappa shape index (κ2) is 4.98. The molecule has 0 aliphatic carbocycles. The fourth-order valence-corrected chi connectivity index (χ4v) is 2.41. The predicted molar refractivity (Wildman–Crippen MR) is 66.8 cm³/mol. The van der Waals surface area contributed by atoms with E-state index in [0.29, 0.717) is 12.8 Å². The summed E-state index contributed by atoms with van der Waals surface area (Å²) in [6.07, 6.45) is 0.842. The number of carbonyl (C=O) groups is 1. The Hall–Kier alpha value is -1.55. The maximum absolute atomic E-state index is 11.6.